The van der Waals surface area contributed by atoms with Crippen molar-refractivity contribution in [3.05, 3.63) is 33.3 Å². The van der Waals surface area contributed by atoms with Gasteiger partial charge in [-0.3, -0.25) is 4.79 Å². The van der Waals surface area contributed by atoms with Crippen molar-refractivity contribution in [1.29, 1.82) is 0 Å². The number of carbonyl (C=O) groups excluding carboxylic acids is 1. The molecule has 0 bridgehead atoms. The predicted molar refractivity (Wildman–Crippen MR) is 70.9 cm³/mol. The average molecular weight is 354 g/mol. The molecule has 0 aliphatic carbocycles. The molecule has 0 aliphatic rings. The summed E-state index contributed by atoms with van der Waals surface area (Å²) in [5.41, 5.74) is 1.06. The van der Waals surface area contributed by atoms with Gasteiger partial charge in [-0.1, -0.05) is 40.5 Å². The van der Waals surface area contributed by atoms with Gasteiger partial charge in [0.2, 0.25) is 0 Å². The molecule has 1 aromatic rings. The van der Waals surface area contributed by atoms with Crippen molar-refractivity contribution in [3.8, 4) is 0 Å². The zero-order chi connectivity index (χ0) is 11.4. The van der Waals surface area contributed by atoms with E-state index in [1.165, 1.54) is 0 Å². The van der Waals surface area contributed by atoms with Crippen LogP contribution in [0.15, 0.2) is 22.7 Å². The van der Waals surface area contributed by atoms with Crippen molar-refractivity contribution in [2.45, 2.75) is 24.6 Å². The molecular weight excluding hydrogens is 343 g/mol. The molecule has 4 heteroatoms. The lowest BCUT2D eigenvalue weighted by atomic mass is 10.1. The fourth-order valence-electron chi connectivity index (χ4n) is 1.21. The number of Topliss-reactive ketones (excluding diaryl/α,β-unsaturated/α-hetero) is 1. The van der Waals surface area contributed by atoms with Gasteiger partial charge in [0.15, 0.2) is 0 Å². The molecule has 0 aromatic heterocycles. The lowest BCUT2D eigenvalue weighted by Crippen LogP contribution is -2.15. The van der Waals surface area contributed by atoms with Crippen molar-refractivity contribution < 1.29 is 4.79 Å². The van der Waals surface area contributed by atoms with Gasteiger partial charge in [-0.2, -0.15) is 0 Å². The summed E-state index contributed by atoms with van der Waals surface area (Å²) >= 11 is 12.7. The molecule has 0 saturated carbocycles. The van der Waals surface area contributed by atoms with Gasteiger partial charge in [0.25, 0.3) is 0 Å². The van der Waals surface area contributed by atoms with Gasteiger partial charge >= 0.3 is 0 Å². The molecule has 0 aliphatic heterocycles. The Morgan fingerprint density at radius 2 is 2.20 bits per heavy atom. The molecule has 1 atom stereocenters. The second-order valence-corrected chi connectivity index (χ2v) is 5.61. The van der Waals surface area contributed by atoms with E-state index in [1.54, 1.807) is 0 Å². The summed E-state index contributed by atoms with van der Waals surface area (Å²) in [5, 5.41) is 0.677. The van der Waals surface area contributed by atoms with E-state index < -0.39 is 0 Å². The lowest BCUT2D eigenvalue weighted by Gasteiger charge is -2.08. The molecule has 15 heavy (non-hydrogen) atoms. The van der Waals surface area contributed by atoms with E-state index in [0.29, 0.717) is 17.9 Å². The minimum absolute atomic E-state index is 0.111. The number of ketones is 1. The number of hydrogen-bond donors (Lipinski definition) is 0. The molecule has 0 fully saturated rings. The van der Waals surface area contributed by atoms with Gasteiger partial charge in [0, 0.05) is 10.9 Å². The Morgan fingerprint density at radius 1 is 1.53 bits per heavy atom. The van der Waals surface area contributed by atoms with Gasteiger partial charge in [0.05, 0.1) is 9.85 Å². The predicted octanol–water partition coefficient (Wildman–Crippen LogP) is 4.39. The highest BCUT2D eigenvalue weighted by Gasteiger charge is 2.13. The Morgan fingerprint density at radius 3 is 2.73 bits per heavy atom. The third-order valence-corrected chi connectivity index (χ3v) is 4.16. The molecule has 1 rings (SSSR count). The van der Waals surface area contributed by atoms with Crippen LogP contribution in [0.5, 0.6) is 0 Å². The molecule has 1 unspecified atom stereocenters. The zero-order valence-electron chi connectivity index (χ0n) is 8.27. The molecule has 0 saturated heterocycles. The summed E-state index contributed by atoms with van der Waals surface area (Å²) in [6.45, 7) is 1.87. The fraction of sp³-hybridized carbons (Fsp3) is 0.364. The Bertz CT molecular complexity index is 366. The standard InChI is InChI=1S/C11H11Br2ClO/c1-2-11(15)9(13)5-7-3-4-8(12)10(14)6-7/h3-4,6,9H,2,5H2,1H3. The Kier molecular flexibility index (Phi) is 5.30. The van der Waals surface area contributed by atoms with E-state index in [2.05, 4.69) is 31.9 Å². The van der Waals surface area contributed by atoms with Crippen LogP contribution in [0.1, 0.15) is 18.9 Å². The quantitative estimate of drug-likeness (QED) is 0.733. The van der Waals surface area contributed by atoms with Gasteiger partial charge in [-0.15, -0.1) is 0 Å². The number of alkyl halides is 1. The first-order valence-corrected chi connectivity index (χ1v) is 6.74. The number of halogens is 3. The van der Waals surface area contributed by atoms with Crippen molar-refractivity contribution in [1.82, 2.24) is 0 Å². The molecule has 0 heterocycles. The summed E-state index contributed by atoms with van der Waals surface area (Å²) in [4.78, 5) is 11.3. The van der Waals surface area contributed by atoms with E-state index in [9.17, 15) is 4.79 Å². The van der Waals surface area contributed by atoms with E-state index in [-0.39, 0.29) is 10.6 Å². The van der Waals surface area contributed by atoms with Gasteiger partial charge in [0.1, 0.15) is 5.78 Å². The molecule has 0 amide bonds. The van der Waals surface area contributed by atoms with E-state index in [4.69, 9.17) is 11.6 Å². The Balaban J connectivity index is 2.73. The number of rotatable bonds is 4. The van der Waals surface area contributed by atoms with Crippen LogP contribution in [0.3, 0.4) is 0 Å². The van der Waals surface area contributed by atoms with Crippen molar-refractivity contribution in [2.75, 3.05) is 0 Å². The maximum absolute atomic E-state index is 11.4. The third kappa shape index (κ3) is 3.89. The van der Waals surface area contributed by atoms with Crippen molar-refractivity contribution >= 4 is 49.2 Å². The third-order valence-electron chi connectivity index (χ3n) is 2.10. The maximum Gasteiger partial charge on any atom is 0.146 e. The second kappa shape index (κ2) is 6.02. The molecule has 0 radical (unpaired) electrons. The van der Waals surface area contributed by atoms with Crippen LogP contribution in [0.2, 0.25) is 5.02 Å². The van der Waals surface area contributed by atoms with E-state index in [1.807, 2.05) is 25.1 Å². The second-order valence-electron chi connectivity index (χ2n) is 3.24. The summed E-state index contributed by atoms with van der Waals surface area (Å²) in [6, 6.07) is 5.74. The number of benzene rings is 1. The minimum atomic E-state index is -0.111. The van der Waals surface area contributed by atoms with Gasteiger partial charge in [-0.25, -0.2) is 0 Å². The molecule has 0 spiro atoms. The monoisotopic (exact) mass is 352 g/mol. The molecule has 82 valence electrons. The summed E-state index contributed by atoms with van der Waals surface area (Å²) in [5.74, 6) is 0.217. The maximum atomic E-state index is 11.4. The topological polar surface area (TPSA) is 17.1 Å². The van der Waals surface area contributed by atoms with Gasteiger partial charge < -0.3 is 0 Å². The number of hydrogen-bond acceptors (Lipinski definition) is 1. The van der Waals surface area contributed by atoms with E-state index >= 15 is 0 Å². The Labute approximate surface area is 111 Å². The highest BCUT2D eigenvalue weighted by atomic mass is 79.9. The van der Waals surface area contributed by atoms with Crippen molar-refractivity contribution in [2.24, 2.45) is 0 Å². The van der Waals surface area contributed by atoms with Crippen LogP contribution in [0.25, 0.3) is 0 Å². The molecule has 0 N–H and O–H groups in total. The normalized spacial score (nSPS) is 12.5. The fourth-order valence-corrected chi connectivity index (χ4v) is 2.36. The average Bonchev–Trinajstić information content (AvgIpc) is 2.22. The van der Waals surface area contributed by atoms with E-state index in [0.717, 1.165) is 10.0 Å². The first kappa shape index (κ1) is 13.2. The van der Waals surface area contributed by atoms with Crippen LogP contribution in [0.4, 0.5) is 0 Å². The SMILES string of the molecule is CCC(=O)C(Br)Cc1ccc(Br)c(Cl)c1. The zero-order valence-corrected chi connectivity index (χ0v) is 12.2. The highest BCUT2D eigenvalue weighted by Crippen LogP contribution is 2.24. The highest BCUT2D eigenvalue weighted by molar-refractivity contribution is 9.10. The summed E-state index contributed by atoms with van der Waals surface area (Å²) in [7, 11) is 0. The summed E-state index contributed by atoms with van der Waals surface area (Å²) in [6.07, 6.45) is 1.24. The molecular formula is C11H11Br2ClO. The largest absolute Gasteiger partial charge is 0.298 e. The lowest BCUT2D eigenvalue weighted by molar-refractivity contribution is -0.118. The van der Waals surface area contributed by atoms with Crippen LogP contribution >= 0.6 is 43.5 Å². The smallest absolute Gasteiger partial charge is 0.146 e. The first-order valence-electron chi connectivity index (χ1n) is 4.65. The Hall–Kier alpha value is 0.140. The van der Waals surface area contributed by atoms with Crippen molar-refractivity contribution in [3.63, 3.8) is 0 Å². The van der Waals surface area contributed by atoms with Crippen LogP contribution < -0.4 is 0 Å². The first-order chi connectivity index (χ1) is 7.04. The molecule has 1 aromatic carbocycles. The van der Waals surface area contributed by atoms with Crippen LogP contribution in [-0.2, 0) is 11.2 Å². The van der Waals surface area contributed by atoms with Crippen LogP contribution in [0, 0.1) is 0 Å². The number of carbonyl (C=O) groups is 1. The minimum Gasteiger partial charge on any atom is -0.298 e. The summed E-state index contributed by atoms with van der Waals surface area (Å²) < 4.78 is 0.876. The van der Waals surface area contributed by atoms with Crippen LogP contribution in [-0.4, -0.2) is 10.6 Å². The molecule has 1 nitrogen and oxygen atoms in total. The van der Waals surface area contributed by atoms with Gasteiger partial charge in [-0.05, 0) is 40.0 Å².